The number of anilines is 1. The molecule has 0 aliphatic rings. The fourth-order valence-electron chi connectivity index (χ4n) is 2.92. The van der Waals surface area contributed by atoms with E-state index in [-0.39, 0.29) is 23.9 Å². The minimum Gasteiger partial charge on any atom is -0.322 e. The van der Waals surface area contributed by atoms with E-state index in [1.165, 1.54) is 0 Å². The molecule has 0 atom stereocenters. The highest BCUT2D eigenvalue weighted by atomic mass is 19.4. The molecule has 0 saturated carbocycles. The van der Waals surface area contributed by atoms with Crippen molar-refractivity contribution in [3.8, 4) is 0 Å². The highest BCUT2D eigenvalue weighted by molar-refractivity contribution is 6.05. The molecular weight excluding hydrogens is 467 g/mol. The molecule has 176 valence electrons. The van der Waals surface area contributed by atoms with Crippen LogP contribution in [0, 0.1) is 19.7 Å². The topological polar surface area (TPSA) is 29.1 Å². The molecule has 2 aromatic carbocycles. The van der Waals surface area contributed by atoms with Crippen molar-refractivity contribution in [2.24, 2.45) is 0 Å². The number of amides is 1. The largest absolute Gasteiger partial charge is 0.435 e. The summed E-state index contributed by atoms with van der Waals surface area (Å²) in [7, 11) is 0. The van der Waals surface area contributed by atoms with Crippen molar-refractivity contribution in [2.75, 3.05) is 5.32 Å². The lowest BCUT2D eigenvalue weighted by atomic mass is 9.90. The SMILES string of the molecule is Cc1cc(C(F)(C(F)(F)F)C(F)(F)F)cc(C)c1NC(=O)c1ccc(F)c(C(F)(F)F)c1. The lowest BCUT2D eigenvalue weighted by Gasteiger charge is -2.31. The Morgan fingerprint density at radius 3 is 1.66 bits per heavy atom. The maximum atomic E-state index is 14.3. The van der Waals surface area contributed by atoms with Gasteiger partial charge in [0, 0.05) is 16.8 Å². The van der Waals surface area contributed by atoms with Crippen molar-refractivity contribution < 1.29 is 53.1 Å². The summed E-state index contributed by atoms with van der Waals surface area (Å²) in [5.41, 5.74) is -11.1. The zero-order valence-electron chi connectivity index (χ0n) is 16.0. The number of benzene rings is 2. The van der Waals surface area contributed by atoms with Crippen LogP contribution in [-0.2, 0) is 11.8 Å². The molecule has 1 N–H and O–H groups in total. The van der Waals surface area contributed by atoms with Crippen molar-refractivity contribution in [1.82, 2.24) is 0 Å². The Balaban J connectivity index is 2.50. The average molecular weight is 479 g/mol. The number of alkyl halides is 10. The first kappa shape index (κ1) is 25.4. The summed E-state index contributed by atoms with van der Waals surface area (Å²) in [6.45, 7) is 1.93. The van der Waals surface area contributed by atoms with Gasteiger partial charge in [0.15, 0.2) is 0 Å². The molecule has 0 heterocycles. The fourth-order valence-corrected chi connectivity index (χ4v) is 2.92. The Hall–Kier alpha value is -2.86. The Bertz CT molecular complexity index is 998. The van der Waals surface area contributed by atoms with Gasteiger partial charge in [0.25, 0.3) is 5.91 Å². The molecule has 0 aliphatic heterocycles. The summed E-state index contributed by atoms with van der Waals surface area (Å²) in [6, 6.07) is 1.68. The maximum Gasteiger partial charge on any atom is 0.435 e. The number of carbonyl (C=O) groups excluding carboxylic acids is 1. The van der Waals surface area contributed by atoms with Gasteiger partial charge in [0.1, 0.15) is 5.82 Å². The number of carbonyl (C=O) groups is 1. The lowest BCUT2D eigenvalue weighted by molar-refractivity contribution is -0.348. The number of nitrogens with one attached hydrogen (secondary N) is 1. The van der Waals surface area contributed by atoms with Gasteiger partial charge in [0.2, 0.25) is 0 Å². The van der Waals surface area contributed by atoms with Crippen LogP contribution in [0.1, 0.15) is 32.6 Å². The summed E-state index contributed by atoms with van der Waals surface area (Å²) in [6.07, 6.45) is -17.8. The summed E-state index contributed by atoms with van der Waals surface area (Å²) >= 11 is 0. The molecule has 0 spiro atoms. The van der Waals surface area contributed by atoms with Crippen LogP contribution >= 0.6 is 0 Å². The number of hydrogen-bond donors (Lipinski definition) is 1. The first-order chi connectivity index (χ1) is 14.3. The van der Waals surface area contributed by atoms with E-state index in [0.717, 1.165) is 13.8 Å². The average Bonchev–Trinajstić information content (AvgIpc) is 2.61. The van der Waals surface area contributed by atoms with Crippen molar-refractivity contribution in [1.29, 1.82) is 0 Å². The van der Waals surface area contributed by atoms with E-state index in [4.69, 9.17) is 0 Å². The summed E-state index contributed by atoms with van der Waals surface area (Å²) in [4.78, 5) is 12.3. The first-order valence-electron chi connectivity index (χ1n) is 8.43. The Labute approximate surface area is 173 Å². The molecule has 0 aliphatic carbocycles. The van der Waals surface area contributed by atoms with E-state index in [1.807, 2.05) is 5.32 Å². The molecule has 1 amide bonds. The van der Waals surface area contributed by atoms with Gasteiger partial charge in [0.05, 0.1) is 5.56 Å². The third-order valence-electron chi connectivity index (χ3n) is 4.48. The highest BCUT2D eigenvalue weighted by Crippen LogP contribution is 2.53. The molecule has 0 aromatic heterocycles. The number of aryl methyl sites for hydroxylation is 2. The van der Waals surface area contributed by atoms with E-state index < -0.39 is 63.7 Å². The third-order valence-corrected chi connectivity index (χ3v) is 4.48. The van der Waals surface area contributed by atoms with E-state index in [2.05, 4.69) is 0 Å². The molecule has 2 rings (SSSR count). The zero-order valence-corrected chi connectivity index (χ0v) is 16.0. The third kappa shape index (κ3) is 4.51. The minimum absolute atomic E-state index is 0.184. The predicted octanol–water partition coefficient (Wildman–Crippen LogP) is 7.00. The second kappa shape index (κ2) is 7.93. The van der Waals surface area contributed by atoms with Crippen LogP contribution in [0.5, 0.6) is 0 Å². The van der Waals surface area contributed by atoms with Crippen molar-refractivity contribution in [3.63, 3.8) is 0 Å². The van der Waals surface area contributed by atoms with Crippen LogP contribution in [0.25, 0.3) is 0 Å². The van der Waals surface area contributed by atoms with Gasteiger partial charge in [-0.05, 0) is 43.2 Å². The van der Waals surface area contributed by atoms with Gasteiger partial charge in [-0.2, -0.15) is 39.5 Å². The first-order valence-corrected chi connectivity index (χ1v) is 8.43. The Kier molecular flexibility index (Phi) is 6.29. The van der Waals surface area contributed by atoms with E-state index >= 15 is 0 Å². The molecule has 0 bridgehead atoms. The van der Waals surface area contributed by atoms with Crippen LogP contribution in [-0.4, -0.2) is 18.3 Å². The molecule has 2 nitrogen and oxygen atoms in total. The van der Waals surface area contributed by atoms with Crippen molar-refractivity contribution in [2.45, 2.75) is 38.0 Å². The molecule has 0 unspecified atom stereocenters. The fraction of sp³-hybridized carbons (Fsp3) is 0.316. The second-order valence-corrected chi connectivity index (χ2v) is 6.79. The van der Waals surface area contributed by atoms with Gasteiger partial charge >= 0.3 is 24.2 Å². The molecule has 0 saturated heterocycles. The number of halogens is 11. The van der Waals surface area contributed by atoms with Gasteiger partial charge in [-0.15, -0.1) is 0 Å². The summed E-state index contributed by atoms with van der Waals surface area (Å²) in [5.74, 6) is -2.92. The monoisotopic (exact) mass is 479 g/mol. The smallest absolute Gasteiger partial charge is 0.322 e. The van der Waals surface area contributed by atoms with E-state index in [1.54, 1.807) is 0 Å². The van der Waals surface area contributed by atoms with Crippen LogP contribution < -0.4 is 5.32 Å². The van der Waals surface area contributed by atoms with E-state index in [0.29, 0.717) is 12.1 Å². The van der Waals surface area contributed by atoms with Gasteiger partial charge in [-0.3, -0.25) is 4.79 Å². The van der Waals surface area contributed by atoms with Crippen LogP contribution in [0.4, 0.5) is 54.0 Å². The van der Waals surface area contributed by atoms with Crippen molar-refractivity contribution in [3.05, 3.63) is 64.0 Å². The summed E-state index contributed by atoms with van der Waals surface area (Å²) in [5, 5.41) is 2.04. The molecule has 0 radical (unpaired) electrons. The summed E-state index contributed by atoms with van der Waals surface area (Å²) < 4.78 is 144. The quantitative estimate of drug-likeness (QED) is 0.472. The molecule has 0 fully saturated rings. The zero-order chi connectivity index (χ0) is 24.9. The van der Waals surface area contributed by atoms with Crippen LogP contribution in [0.3, 0.4) is 0 Å². The van der Waals surface area contributed by atoms with Gasteiger partial charge < -0.3 is 5.32 Å². The maximum absolute atomic E-state index is 14.3. The molecule has 13 heteroatoms. The van der Waals surface area contributed by atoms with Gasteiger partial charge in [-0.1, -0.05) is 12.1 Å². The van der Waals surface area contributed by atoms with Crippen molar-refractivity contribution >= 4 is 11.6 Å². The van der Waals surface area contributed by atoms with Crippen LogP contribution in [0.2, 0.25) is 0 Å². The number of rotatable bonds is 3. The van der Waals surface area contributed by atoms with Crippen LogP contribution in [0.15, 0.2) is 30.3 Å². The van der Waals surface area contributed by atoms with Gasteiger partial charge in [-0.25, -0.2) is 8.78 Å². The number of hydrogen-bond acceptors (Lipinski definition) is 1. The standard InChI is InChI=1S/C19H12F11NO/c1-8-5-11(16(21,18(25,26)27)19(28,29)30)6-9(2)14(8)31-15(32)10-3-4-13(20)12(7-10)17(22,23)24/h3-7H,1-2H3,(H,31,32). The Morgan fingerprint density at radius 2 is 1.25 bits per heavy atom. The minimum atomic E-state index is -6.35. The Morgan fingerprint density at radius 1 is 0.781 bits per heavy atom. The highest BCUT2D eigenvalue weighted by Gasteiger charge is 2.73. The molecule has 32 heavy (non-hydrogen) atoms. The normalized spacial score (nSPS) is 13.3. The second-order valence-electron chi connectivity index (χ2n) is 6.79. The molecular formula is C19H12F11NO. The molecule has 2 aromatic rings. The predicted molar refractivity (Wildman–Crippen MR) is 90.2 cm³/mol. The van der Waals surface area contributed by atoms with E-state index in [9.17, 15) is 53.1 Å². The lowest BCUT2D eigenvalue weighted by Crippen LogP contribution is -2.50.